The Balaban J connectivity index is 1.85. The SMILES string of the molecule is COc1ccc(CN2CCC[C@H]2c2c(C)nn(C)c2OC)cc1F. The van der Waals surface area contributed by atoms with Crippen molar-refractivity contribution in [2.75, 3.05) is 20.8 Å². The minimum Gasteiger partial charge on any atom is -0.494 e. The molecule has 2 heterocycles. The summed E-state index contributed by atoms with van der Waals surface area (Å²) < 4.78 is 26.3. The molecule has 6 heteroatoms. The Labute approximate surface area is 142 Å². The van der Waals surface area contributed by atoms with Gasteiger partial charge in [0.05, 0.1) is 25.5 Å². The molecule has 0 saturated carbocycles. The van der Waals surface area contributed by atoms with E-state index < -0.39 is 0 Å². The molecule has 1 aromatic heterocycles. The first-order chi connectivity index (χ1) is 11.5. The van der Waals surface area contributed by atoms with Gasteiger partial charge in [0, 0.05) is 19.6 Å². The standard InChI is InChI=1S/C18H24FN3O2/c1-12-17(18(24-4)21(2)20-12)15-6-5-9-22(15)11-13-7-8-16(23-3)14(19)10-13/h7-8,10,15H,5-6,9,11H2,1-4H3/t15-/m0/s1. The van der Waals surface area contributed by atoms with E-state index in [-0.39, 0.29) is 17.6 Å². The van der Waals surface area contributed by atoms with E-state index in [1.807, 2.05) is 20.0 Å². The molecule has 1 aromatic carbocycles. The van der Waals surface area contributed by atoms with Crippen LogP contribution in [-0.2, 0) is 13.6 Å². The van der Waals surface area contributed by atoms with Crippen LogP contribution in [0.3, 0.4) is 0 Å². The molecule has 1 aliphatic rings. The van der Waals surface area contributed by atoms with Crippen LogP contribution < -0.4 is 9.47 Å². The van der Waals surface area contributed by atoms with Gasteiger partial charge in [-0.05, 0) is 44.0 Å². The summed E-state index contributed by atoms with van der Waals surface area (Å²) in [6.07, 6.45) is 2.17. The van der Waals surface area contributed by atoms with Gasteiger partial charge in [-0.15, -0.1) is 0 Å². The summed E-state index contributed by atoms with van der Waals surface area (Å²) in [5, 5.41) is 4.49. The van der Waals surface area contributed by atoms with Crippen molar-refractivity contribution in [2.45, 2.75) is 32.4 Å². The largest absolute Gasteiger partial charge is 0.494 e. The number of hydrogen-bond acceptors (Lipinski definition) is 4. The number of likely N-dealkylation sites (tertiary alicyclic amines) is 1. The predicted octanol–water partition coefficient (Wildman–Crippen LogP) is 3.22. The van der Waals surface area contributed by atoms with Crippen LogP contribution >= 0.6 is 0 Å². The van der Waals surface area contributed by atoms with Gasteiger partial charge < -0.3 is 9.47 Å². The number of aryl methyl sites for hydroxylation is 2. The highest BCUT2D eigenvalue weighted by atomic mass is 19.1. The molecule has 1 fully saturated rings. The number of hydrogen-bond donors (Lipinski definition) is 0. The van der Waals surface area contributed by atoms with Crippen LogP contribution in [-0.4, -0.2) is 35.4 Å². The fourth-order valence-electron chi connectivity index (χ4n) is 3.66. The highest BCUT2D eigenvalue weighted by molar-refractivity contribution is 5.35. The van der Waals surface area contributed by atoms with Crippen LogP contribution in [0.25, 0.3) is 0 Å². The highest BCUT2D eigenvalue weighted by Crippen LogP contribution is 2.39. The Kier molecular flexibility index (Phi) is 4.76. The van der Waals surface area contributed by atoms with Crippen LogP contribution in [0, 0.1) is 12.7 Å². The number of rotatable bonds is 5. The molecule has 0 aliphatic carbocycles. The van der Waals surface area contributed by atoms with E-state index in [4.69, 9.17) is 9.47 Å². The van der Waals surface area contributed by atoms with Crippen LogP contribution in [0.4, 0.5) is 4.39 Å². The first kappa shape index (κ1) is 16.8. The second-order valence-electron chi connectivity index (χ2n) is 6.23. The van der Waals surface area contributed by atoms with Crippen molar-refractivity contribution in [3.8, 4) is 11.6 Å². The number of nitrogens with zero attached hydrogens (tertiary/aromatic N) is 3. The lowest BCUT2D eigenvalue weighted by Crippen LogP contribution is -2.23. The van der Waals surface area contributed by atoms with Gasteiger partial charge in [0.25, 0.3) is 0 Å². The first-order valence-corrected chi connectivity index (χ1v) is 8.19. The van der Waals surface area contributed by atoms with Gasteiger partial charge in [-0.1, -0.05) is 6.07 Å². The Morgan fingerprint density at radius 1 is 1.29 bits per heavy atom. The zero-order valence-electron chi connectivity index (χ0n) is 14.7. The monoisotopic (exact) mass is 333 g/mol. The van der Waals surface area contributed by atoms with Crippen molar-refractivity contribution >= 4 is 0 Å². The van der Waals surface area contributed by atoms with Crippen molar-refractivity contribution in [2.24, 2.45) is 7.05 Å². The van der Waals surface area contributed by atoms with E-state index in [1.54, 1.807) is 23.9 Å². The minimum absolute atomic E-state index is 0.249. The minimum atomic E-state index is -0.319. The van der Waals surface area contributed by atoms with Crippen molar-refractivity contribution in [1.82, 2.24) is 14.7 Å². The van der Waals surface area contributed by atoms with Gasteiger partial charge in [0.1, 0.15) is 0 Å². The van der Waals surface area contributed by atoms with Crippen LogP contribution in [0.15, 0.2) is 18.2 Å². The van der Waals surface area contributed by atoms with E-state index in [1.165, 1.54) is 7.11 Å². The Hall–Kier alpha value is -2.08. The fraction of sp³-hybridized carbons (Fsp3) is 0.500. The molecule has 130 valence electrons. The molecule has 1 aliphatic heterocycles. The summed E-state index contributed by atoms with van der Waals surface area (Å²) in [5.41, 5.74) is 3.08. The summed E-state index contributed by atoms with van der Waals surface area (Å²) in [6.45, 7) is 3.69. The van der Waals surface area contributed by atoms with Gasteiger partial charge in [0.15, 0.2) is 11.6 Å². The second kappa shape index (κ2) is 6.81. The summed E-state index contributed by atoms with van der Waals surface area (Å²) in [7, 11) is 5.05. The molecule has 0 amide bonds. The van der Waals surface area contributed by atoms with Crippen LogP contribution in [0.1, 0.15) is 35.7 Å². The lowest BCUT2D eigenvalue weighted by molar-refractivity contribution is 0.240. The Morgan fingerprint density at radius 2 is 2.08 bits per heavy atom. The third-order valence-corrected chi connectivity index (χ3v) is 4.71. The number of aromatic nitrogens is 2. The van der Waals surface area contributed by atoms with Crippen molar-refractivity contribution in [3.05, 3.63) is 40.8 Å². The smallest absolute Gasteiger partial charge is 0.216 e. The predicted molar refractivity (Wildman–Crippen MR) is 89.8 cm³/mol. The van der Waals surface area contributed by atoms with Gasteiger partial charge in [-0.2, -0.15) is 5.10 Å². The van der Waals surface area contributed by atoms with Crippen molar-refractivity contribution < 1.29 is 13.9 Å². The summed E-state index contributed by atoms with van der Waals surface area (Å²) in [5.74, 6) is 0.771. The fourth-order valence-corrected chi connectivity index (χ4v) is 3.66. The molecule has 2 aromatic rings. The molecule has 0 unspecified atom stereocenters. The number of halogens is 1. The topological polar surface area (TPSA) is 39.5 Å². The van der Waals surface area contributed by atoms with Crippen molar-refractivity contribution in [1.29, 1.82) is 0 Å². The van der Waals surface area contributed by atoms with Gasteiger partial charge >= 0.3 is 0 Å². The summed E-state index contributed by atoms with van der Waals surface area (Å²) >= 11 is 0. The molecule has 24 heavy (non-hydrogen) atoms. The van der Waals surface area contributed by atoms with Gasteiger partial charge in [0.2, 0.25) is 5.88 Å². The van der Waals surface area contributed by atoms with Gasteiger partial charge in [-0.25, -0.2) is 9.07 Å². The Morgan fingerprint density at radius 3 is 2.75 bits per heavy atom. The lowest BCUT2D eigenvalue weighted by atomic mass is 10.0. The van der Waals surface area contributed by atoms with Gasteiger partial charge in [-0.3, -0.25) is 4.90 Å². The molecular formula is C18H24FN3O2. The lowest BCUT2D eigenvalue weighted by Gasteiger charge is -2.25. The maximum absolute atomic E-state index is 14.0. The average Bonchev–Trinajstić information content (AvgIpc) is 3.10. The molecule has 0 spiro atoms. The van der Waals surface area contributed by atoms with Crippen LogP contribution in [0.5, 0.6) is 11.6 Å². The Bertz CT molecular complexity index is 729. The van der Waals surface area contributed by atoms with Crippen molar-refractivity contribution in [3.63, 3.8) is 0 Å². The number of benzene rings is 1. The quantitative estimate of drug-likeness (QED) is 0.842. The molecule has 0 bridgehead atoms. The molecular weight excluding hydrogens is 309 g/mol. The van der Waals surface area contributed by atoms with Crippen LogP contribution in [0.2, 0.25) is 0 Å². The van der Waals surface area contributed by atoms with E-state index >= 15 is 0 Å². The summed E-state index contributed by atoms with van der Waals surface area (Å²) in [4.78, 5) is 2.37. The normalized spacial score (nSPS) is 18.1. The molecule has 0 N–H and O–H groups in total. The second-order valence-corrected chi connectivity index (χ2v) is 6.23. The first-order valence-electron chi connectivity index (χ1n) is 8.19. The highest BCUT2D eigenvalue weighted by Gasteiger charge is 2.32. The van der Waals surface area contributed by atoms with E-state index in [0.29, 0.717) is 6.54 Å². The maximum Gasteiger partial charge on any atom is 0.216 e. The van der Waals surface area contributed by atoms with E-state index in [9.17, 15) is 4.39 Å². The summed E-state index contributed by atoms with van der Waals surface area (Å²) in [6, 6.07) is 5.41. The molecule has 0 radical (unpaired) electrons. The molecule has 1 saturated heterocycles. The number of ether oxygens (including phenoxy) is 2. The maximum atomic E-state index is 14.0. The molecule has 1 atom stereocenters. The third-order valence-electron chi connectivity index (χ3n) is 4.71. The molecule has 3 rings (SSSR count). The third kappa shape index (κ3) is 2.98. The number of methoxy groups -OCH3 is 2. The average molecular weight is 333 g/mol. The zero-order chi connectivity index (χ0) is 17.3. The van der Waals surface area contributed by atoms with E-state index in [2.05, 4.69) is 10.00 Å². The zero-order valence-corrected chi connectivity index (χ0v) is 14.7. The van der Waals surface area contributed by atoms with E-state index in [0.717, 1.165) is 42.1 Å². The molecule has 5 nitrogen and oxygen atoms in total.